The van der Waals surface area contributed by atoms with Gasteiger partial charge in [0.25, 0.3) is 0 Å². The molecule has 32 heavy (non-hydrogen) atoms. The van der Waals surface area contributed by atoms with E-state index in [4.69, 9.17) is 0 Å². The highest BCUT2D eigenvalue weighted by Gasteiger charge is 2.45. The molecule has 2 heterocycles. The fourth-order valence-electron chi connectivity index (χ4n) is 4.76. The van der Waals surface area contributed by atoms with Crippen LogP contribution in [0.1, 0.15) is 46.1 Å². The summed E-state index contributed by atoms with van der Waals surface area (Å²) < 4.78 is 84.4. The Morgan fingerprint density at radius 1 is 1.00 bits per heavy atom. The number of carbonyl (C=O) groups is 1. The summed E-state index contributed by atoms with van der Waals surface area (Å²) in [5.41, 5.74) is -2.15. The van der Waals surface area contributed by atoms with Crippen LogP contribution in [0.5, 0.6) is 0 Å². The lowest BCUT2D eigenvalue weighted by Crippen LogP contribution is -2.26. The summed E-state index contributed by atoms with van der Waals surface area (Å²) in [5, 5.41) is 0. The first-order valence-corrected chi connectivity index (χ1v) is 9.93. The molecule has 0 spiro atoms. The number of anilines is 1. The monoisotopic (exact) mass is 459 g/mol. The smallest absolute Gasteiger partial charge is 0.433 e. The van der Waals surface area contributed by atoms with Crippen molar-refractivity contribution in [2.45, 2.75) is 31.1 Å². The van der Waals surface area contributed by atoms with Gasteiger partial charge in [-0.3, -0.25) is 0 Å². The van der Waals surface area contributed by atoms with E-state index in [1.54, 1.807) is 11.0 Å². The number of esters is 1. The maximum absolute atomic E-state index is 13.4. The molecule has 0 N–H and O–H groups in total. The minimum Gasteiger partial charge on any atom is -0.464 e. The van der Waals surface area contributed by atoms with Crippen LogP contribution in [0.15, 0.2) is 30.3 Å². The lowest BCUT2D eigenvalue weighted by Gasteiger charge is -2.22. The van der Waals surface area contributed by atoms with Crippen LogP contribution in [-0.4, -0.2) is 36.1 Å². The van der Waals surface area contributed by atoms with Gasteiger partial charge in [0.2, 0.25) is 5.95 Å². The van der Waals surface area contributed by atoms with Crippen molar-refractivity contribution >= 4 is 11.9 Å². The highest BCUT2D eigenvalue weighted by molar-refractivity contribution is 5.87. The van der Waals surface area contributed by atoms with Gasteiger partial charge in [0, 0.05) is 19.2 Å². The zero-order valence-electron chi connectivity index (χ0n) is 16.9. The van der Waals surface area contributed by atoms with Crippen molar-refractivity contribution in [3.8, 4) is 0 Å². The number of fused-ring (bicyclic) bond motifs is 1. The minimum atomic E-state index is -4.78. The molecule has 4 rings (SSSR count). The molecule has 172 valence electrons. The first-order chi connectivity index (χ1) is 15.0. The molecule has 1 aromatic heterocycles. The van der Waals surface area contributed by atoms with Gasteiger partial charge in [-0.25, -0.2) is 14.8 Å². The Morgan fingerprint density at radius 3 is 2.19 bits per heavy atom. The fourth-order valence-corrected chi connectivity index (χ4v) is 4.76. The van der Waals surface area contributed by atoms with Crippen LogP contribution < -0.4 is 4.90 Å². The van der Waals surface area contributed by atoms with Crippen molar-refractivity contribution < 1.29 is 35.9 Å². The number of hydrogen-bond acceptors (Lipinski definition) is 5. The van der Waals surface area contributed by atoms with Gasteiger partial charge in [-0.1, -0.05) is 18.2 Å². The van der Waals surface area contributed by atoms with Gasteiger partial charge in [0.05, 0.1) is 12.7 Å². The molecule has 0 amide bonds. The molecule has 2 aromatic rings. The molecule has 1 aromatic carbocycles. The third-order valence-electron chi connectivity index (χ3n) is 6.14. The molecule has 2 aliphatic rings. The summed E-state index contributed by atoms with van der Waals surface area (Å²) in [7, 11) is 1.04. The second-order valence-electron chi connectivity index (χ2n) is 8.11. The predicted octanol–water partition coefficient (Wildman–Crippen LogP) is 4.93. The largest absolute Gasteiger partial charge is 0.464 e. The van der Waals surface area contributed by atoms with Crippen LogP contribution in [0.25, 0.3) is 0 Å². The number of alkyl halides is 6. The van der Waals surface area contributed by atoms with Crippen molar-refractivity contribution in [3.63, 3.8) is 0 Å². The Morgan fingerprint density at radius 2 is 1.62 bits per heavy atom. The van der Waals surface area contributed by atoms with Gasteiger partial charge in [-0.05, 0) is 42.2 Å². The number of hydrogen-bond donors (Lipinski definition) is 0. The Balaban J connectivity index is 1.55. The molecule has 1 saturated carbocycles. The Labute approximate surface area is 179 Å². The number of carbonyl (C=O) groups excluding carboxylic acids is 1. The van der Waals surface area contributed by atoms with Crippen LogP contribution in [0.3, 0.4) is 0 Å². The van der Waals surface area contributed by atoms with Crippen molar-refractivity contribution in [1.29, 1.82) is 0 Å². The van der Waals surface area contributed by atoms with Gasteiger partial charge >= 0.3 is 18.3 Å². The first-order valence-electron chi connectivity index (χ1n) is 9.93. The molecular formula is C21H19F6N3O2. The predicted molar refractivity (Wildman–Crippen MR) is 101 cm³/mol. The van der Waals surface area contributed by atoms with Crippen molar-refractivity contribution in [1.82, 2.24) is 9.97 Å². The van der Waals surface area contributed by atoms with Crippen LogP contribution in [0, 0.1) is 11.8 Å². The number of ether oxygens (including phenoxy) is 1. The lowest BCUT2D eigenvalue weighted by molar-refractivity contribution is -0.141. The molecule has 0 unspecified atom stereocenters. The van der Waals surface area contributed by atoms with E-state index in [0.717, 1.165) is 13.2 Å². The van der Waals surface area contributed by atoms with E-state index >= 15 is 0 Å². The SMILES string of the molecule is COC(=O)c1cc(C(F)(F)F)nc(N2C[C@H]3C[C@H](c4ccccc4C(F)(F)F)C[C@H]3C2)n1. The van der Waals surface area contributed by atoms with Gasteiger partial charge in [-0.2, -0.15) is 26.3 Å². The molecule has 1 saturated heterocycles. The van der Waals surface area contributed by atoms with E-state index in [1.165, 1.54) is 12.1 Å². The molecule has 5 nitrogen and oxygen atoms in total. The average molecular weight is 459 g/mol. The number of halogens is 6. The van der Waals surface area contributed by atoms with Gasteiger partial charge in [0.15, 0.2) is 11.4 Å². The number of nitrogens with zero attached hydrogens (tertiary/aromatic N) is 3. The second-order valence-corrected chi connectivity index (χ2v) is 8.11. The molecule has 3 atom stereocenters. The molecule has 11 heteroatoms. The second kappa shape index (κ2) is 7.93. The van der Waals surface area contributed by atoms with E-state index < -0.39 is 35.3 Å². The quantitative estimate of drug-likeness (QED) is 0.481. The van der Waals surface area contributed by atoms with E-state index in [1.807, 2.05) is 0 Å². The standard InChI is InChI=1S/C21H19F6N3O2/c1-32-18(31)16-8-17(21(25,26)27)29-19(28-16)30-9-12-6-11(7-13(12)10-30)14-4-2-3-5-15(14)20(22,23)24/h2-5,8,11-13H,6-7,9-10H2,1H3/t11-,12+,13-. The minimum absolute atomic E-state index is 0.0130. The number of benzene rings is 1. The summed E-state index contributed by atoms with van der Waals surface area (Å²) in [6, 6.07) is 6.03. The van der Waals surface area contributed by atoms with E-state index in [2.05, 4.69) is 14.7 Å². The summed E-state index contributed by atoms with van der Waals surface area (Å²) in [6.07, 6.45) is -8.26. The van der Waals surface area contributed by atoms with Crippen molar-refractivity contribution in [2.75, 3.05) is 25.1 Å². The van der Waals surface area contributed by atoms with E-state index in [-0.39, 0.29) is 29.3 Å². The molecule has 0 radical (unpaired) electrons. The molecule has 2 fully saturated rings. The topological polar surface area (TPSA) is 55.3 Å². The van der Waals surface area contributed by atoms with Crippen LogP contribution in [-0.2, 0) is 17.1 Å². The lowest BCUT2D eigenvalue weighted by atomic mass is 9.91. The fraction of sp³-hybridized carbons (Fsp3) is 0.476. The Bertz CT molecular complexity index is 1010. The molecule has 0 bridgehead atoms. The van der Waals surface area contributed by atoms with Crippen LogP contribution in [0.2, 0.25) is 0 Å². The van der Waals surface area contributed by atoms with Gasteiger partial charge in [0.1, 0.15) is 0 Å². The number of methoxy groups -OCH3 is 1. The maximum Gasteiger partial charge on any atom is 0.433 e. The summed E-state index contributed by atoms with van der Waals surface area (Å²) in [6.45, 7) is 0.606. The first kappa shape index (κ1) is 22.3. The number of rotatable bonds is 3. The third-order valence-corrected chi connectivity index (χ3v) is 6.14. The third kappa shape index (κ3) is 4.24. The van der Waals surface area contributed by atoms with Crippen molar-refractivity contribution in [2.24, 2.45) is 11.8 Å². The highest BCUT2D eigenvalue weighted by atomic mass is 19.4. The van der Waals surface area contributed by atoms with E-state index in [0.29, 0.717) is 32.0 Å². The van der Waals surface area contributed by atoms with Crippen LogP contribution in [0.4, 0.5) is 32.3 Å². The summed E-state index contributed by atoms with van der Waals surface area (Å²) >= 11 is 0. The summed E-state index contributed by atoms with van der Waals surface area (Å²) in [4.78, 5) is 20.9. The van der Waals surface area contributed by atoms with Gasteiger partial charge < -0.3 is 9.64 Å². The maximum atomic E-state index is 13.4. The highest BCUT2D eigenvalue weighted by Crippen LogP contribution is 2.49. The zero-order valence-corrected chi connectivity index (χ0v) is 16.9. The average Bonchev–Trinajstić information content (AvgIpc) is 3.31. The Hall–Kier alpha value is -2.85. The zero-order chi connectivity index (χ0) is 23.3. The molecule has 1 aliphatic carbocycles. The van der Waals surface area contributed by atoms with E-state index in [9.17, 15) is 31.1 Å². The Kier molecular flexibility index (Phi) is 5.54. The summed E-state index contributed by atoms with van der Waals surface area (Å²) in [5.74, 6) is -1.55. The molecule has 1 aliphatic heterocycles. The van der Waals surface area contributed by atoms with Crippen LogP contribution >= 0.6 is 0 Å². The molecular weight excluding hydrogens is 440 g/mol. The normalized spacial score (nSPS) is 23.3. The number of aromatic nitrogens is 2. The van der Waals surface area contributed by atoms with Crippen molar-refractivity contribution in [3.05, 3.63) is 52.8 Å². The van der Waals surface area contributed by atoms with Gasteiger partial charge in [-0.15, -0.1) is 0 Å².